The summed E-state index contributed by atoms with van der Waals surface area (Å²) in [6.45, 7) is 6.11. The molecule has 1 aliphatic rings. The molecule has 5 rings (SSSR count). The fourth-order valence-corrected chi connectivity index (χ4v) is 5.68. The number of nitriles is 1. The third-order valence-corrected chi connectivity index (χ3v) is 7.65. The zero-order valence-corrected chi connectivity index (χ0v) is 21.8. The fraction of sp³-hybridized carbons (Fsp3) is 0.250. The third-order valence-electron chi connectivity index (χ3n) is 6.46. The molecule has 1 atom stereocenters. The molecule has 2 aromatic heterocycles. The lowest BCUT2D eigenvalue weighted by Crippen LogP contribution is -2.12. The van der Waals surface area contributed by atoms with E-state index in [-0.39, 0.29) is 19.0 Å². The lowest BCUT2D eigenvalue weighted by atomic mass is 9.97. The van der Waals surface area contributed by atoms with Crippen molar-refractivity contribution in [3.63, 3.8) is 0 Å². The molecule has 3 heterocycles. The van der Waals surface area contributed by atoms with E-state index in [1.165, 1.54) is 12.0 Å². The largest absolute Gasteiger partial charge is 0.479 e. The highest BCUT2D eigenvalue weighted by Crippen LogP contribution is 2.39. The number of aryl methyl sites for hydroxylation is 2. The van der Waals surface area contributed by atoms with Crippen LogP contribution in [0.3, 0.4) is 0 Å². The van der Waals surface area contributed by atoms with Crippen LogP contribution in [0.5, 0.6) is 5.75 Å². The second-order valence-electron chi connectivity index (χ2n) is 8.73. The lowest BCUT2D eigenvalue weighted by Gasteiger charge is -2.12. The van der Waals surface area contributed by atoms with Gasteiger partial charge in [0.25, 0.3) is 0 Å². The Bertz CT molecular complexity index is 1560. The lowest BCUT2D eigenvalue weighted by molar-refractivity contribution is -0.141. The van der Waals surface area contributed by atoms with Gasteiger partial charge in [0, 0.05) is 16.0 Å². The van der Waals surface area contributed by atoms with Crippen LogP contribution in [0.15, 0.2) is 53.5 Å². The normalized spacial score (nSPS) is 14.1. The number of esters is 1. The number of ether oxygens (including phenoxy) is 2. The summed E-state index contributed by atoms with van der Waals surface area (Å²) in [5, 5.41) is 18.5. The molecule has 0 saturated carbocycles. The SMILES string of the molecule is COC(=O)C[C@@H]1N=C(c2ccc(-c3cccc(OCC#N)c3)cc2)c2c(sc(C)c2C)-n2c(C)nnc21. The van der Waals surface area contributed by atoms with Gasteiger partial charge >= 0.3 is 5.97 Å². The van der Waals surface area contributed by atoms with Crippen LogP contribution in [0.4, 0.5) is 0 Å². The molecule has 9 heteroatoms. The van der Waals surface area contributed by atoms with Gasteiger partial charge in [0.2, 0.25) is 0 Å². The van der Waals surface area contributed by atoms with E-state index in [0.29, 0.717) is 11.6 Å². The first-order chi connectivity index (χ1) is 17.9. The molecule has 1 aliphatic heterocycles. The molecule has 0 amide bonds. The Labute approximate surface area is 218 Å². The number of nitrogens with zero attached hydrogens (tertiary/aromatic N) is 5. The van der Waals surface area contributed by atoms with Crippen molar-refractivity contribution in [3.8, 4) is 27.9 Å². The van der Waals surface area contributed by atoms with Gasteiger partial charge in [-0.3, -0.25) is 14.4 Å². The molecule has 2 aromatic carbocycles. The number of carbonyl (C=O) groups is 1. The summed E-state index contributed by atoms with van der Waals surface area (Å²) in [6, 6.07) is 17.3. The van der Waals surface area contributed by atoms with Crippen molar-refractivity contribution in [2.24, 2.45) is 4.99 Å². The minimum Gasteiger partial charge on any atom is -0.479 e. The van der Waals surface area contributed by atoms with Crippen molar-refractivity contribution in [3.05, 3.63) is 81.7 Å². The van der Waals surface area contributed by atoms with E-state index < -0.39 is 6.04 Å². The zero-order valence-electron chi connectivity index (χ0n) is 21.0. The number of methoxy groups -OCH3 is 1. The molecule has 0 N–H and O–H groups in total. The number of hydrogen-bond donors (Lipinski definition) is 0. The van der Waals surface area contributed by atoms with E-state index >= 15 is 0 Å². The van der Waals surface area contributed by atoms with Gasteiger partial charge in [-0.1, -0.05) is 36.4 Å². The first-order valence-corrected chi connectivity index (χ1v) is 12.6. The molecular formula is C28H25N5O3S. The summed E-state index contributed by atoms with van der Waals surface area (Å²) in [4.78, 5) is 18.6. The maximum atomic E-state index is 12.3. The molecule has 0 unspecified atom stereocenters. The minimum atomic E-state index is -0.531. The van der Waals surface area contributed by atoms with Gasteiger partial charge in [0.1, 0.15) is 28.7 Å². The monoisotopic (exact) mass is 511 g/mol. The van der Waals surface area contributed by atoms with Gasteiger partial charge in [0.05, 0.1) is 19.2 Å². The van der Waals surface area contributed by atoms with E-state index in [1.54, 1.807) is 11.3 Å². The van der Waals surface area contributed by atoms with Crippen LogP contribution in [0.25, 0.3) is 16.1 Å². The number of hydrogen-bond acceptors (Lipinski definition) is 8. The smallest absolute Gasteiger partial charge is 0.308 e. The first kappa shape index (κ1) is 24.4. The highest BCUT2D eigenvalue weighted by molar-refractivity contribution is 7.15. The molecular weight excluding hydrogens is 486 g/mol. The highest BCUT2D eigenvalue weighted by Gasteiger charge is 2.32. The average Bonchev–Trinajstić information content (AvgIpc) is 3.39. The third kappa shape index (κ3) is 4.52. The fourth-order valence-electron chi connectivity index (χ4n) is 4.47. The van der Waals surface area contributed by atoms with E-state index in [4.69, 9.17) is 19.7 Å². The molecule has 37 heavy (non-hydrogen) atoms. The maximum Gasteiger partial charge on any atom is 0.308 e. The van der Waals surface area contributed by atoms with Gasteiger partial charge in [-0.2, -0.15) is 5.26 Å². The highest BCUT2D eigenvalue weighted by atomic mass is 32.1. The number of aliphatic imine (C=N–C) groups is 1. The quantitative estimate of drug-likeness (QED) is 0.327. The predicted molar refractivity (Wildman–Crippen MR) is 141 cm³/mol. The minimum absolute atomic E-state index is 0.00317. The second kappa shape index (κ2) is 9.99. The molecule has 0 spiro atoms. The molecule has 0 saturated heterocycles. The van der Waals surface area contributed by atoms with Crippen LogP contribution in [0.1, 0.15) is 45.7 Å². The van der Waals surface area contributed by atoms with Crippen molar-refractivity contribution in [1.82, 2.24) is 14.8 Å². The summed E-state index contributed by atoms with van der Waals surface area (Å²) in [5.74, 6) is 1.67. The Morgan fingerprint density at radius 1 is 1.08 bits per heavy atom. The Morgan fingerprint density at radius 2 is 1.84 bits per heavy atom. The molecule has 0 aliphatic carbocycles. The van der Waals surface area contributed by atoms with Crippen molar-refractivity contribution < 1.29 is 14.3 Å². The van der Waals surface area contributed by atoms with Crippen molar-refractivity contribution in [1.29, 1.82) is 5.26 Å². The van der Waals surface area contributed by atoms with E-state index in [1.807, 2.05) is 66.1 Å². The van der Waals surface area contributed by atoms with Crippen molar-refractivity contribution >= 4 is 23.0 Å². The summed E-state index contributed by atoms with van der Waals surface area (Å²) in [7, 11) is 1.38. The van der Waals surface area contributed by atoms with E-state index in [9.17, 15) is 4.79 Å². The summed E-state index contributed by atoms with van der Waals surface area (Å²) >= 11 is 1.67. The Kier molecular flexibility index (Phi) is 6.59. The average molecular weight is 512 g/mol. The molecule has 8 nitrogen and oxygen atoms in total. The van der Waals surface area contributed by atoms with E-state index in [0.717, 1.165) is 44.4 Å². The molecule has 186 valence electrons. The van der Waals surface area contributed by atoms with Crippen LogP contribution in [-0.2, 0) is 9.53 Å². The summed E-state index contributed by atoms with van der Waals surface area (Å²) in [5.41, 5.74) is 5.92. The number of carbonyl (C=O) groups excluding carboxylic acids is 1. The zero-order chi connectivity index (χ0) is 26.1. The van der Waals surface area contributed by atoms with Crippen LogP contribution in [0, 0.1) is 32.1 Å². The number of aromatic nitrogens is 3. The van der Waals surface area contributed by atoms with Crippen LogP contribution in [-0.4, -0.2) is 40.2 Å². The van der Waals surface area contributed by atoms with Crippen LogP contribution >= 0.6 is 11.3 Å². The Morgan fingerprint density at radius 3 is 2.57 bits per heavy atom. The number of fused-ring (bicyclic) bond motifs is 3. The second-order valence-corrected chi connectivity index (χ2v) is 9.93. The molecule has 0 radical (unpaired) electrons. The van der Waals surface area contributed by atoms with Crippen LogP contribution < -0.4 is 4.74 Å². The topological polar surface area (TPSA) is 102 Å². The van der Waals surface area contributed by atoms with Gasteiger partial charge in [-0.15, -0.1) is 21.5 Å². The number of benzene rings is 2. The number of thiophene rings is 1. The van der Waals surface area contributed by atoms with Gasteiger partial charge < -0.3 is 9.47 Å². The van der Waals surface area contributed by atoms with Crippen molar-refractivity contribution in [2.75, 3.05) is 13.7 Å². The van der Waals surface area contributed by atoms with Gasteiger partial charge in [-0.05, 0) is 49.6 Å². The van der Waals surface area contributed by atoms with Gasteiger partial charge in [0.15, 0.2) is 12.4 Å². The van der Waals surface area contributed by atoms with Crippen molar-refractivity contribution in [2.45, 2.75) is 33.2 Å². The standard InChI is InChI=1S/C28H25N5O3S/c1-16-17(2)37-28-25(16)26(30-23(15-24(34)35-4)27-32-31-18(3)33(27)28)20-10-8-19(9-11-20)21-6-5-7-22(14-21)36-13-12-29/h5-11,14,23H,13,15H2,1-4H3/t23-/m0/s1. The summed E-state index contributed by atoms with van der Waals surface area (Å²) < 4.78 is 12.4. The number of rotatable bonds is 6. The van der Waals surface area contributed by atoms with Gasteiger partial charge in [-0.25, -0.2) is 0 Å². The first-order valence-electron chi connectivity index (χ1n) is 11.8. The van der Waals surface area contributed by atoms with E-state index in [2.05, 4.69) is 24.0 Å². The molecule has 4 aromatic rings. The predicted octanol–water partition coefficient (Wildman–Crippen LogP) is 5.28. The molecule has 0 fully saturated rings. The maximum absolute atomic E-state index is 12.3. The Balaban J connectivity index is 1.61. The van der Waals surface area contributed by atoms with Crippen LogP contribution in [0.2, 0.25) is 0 Å². The Hall–Kier alpha value is -4.29. The summed E-state index contributed by atoms with van der Waals surface area (Å²) in [6.07, 6.45) is 0.0681. The molecule has 0 bridgehead atoms.